The predicted octanol–water partition coefficient (Wildman–Crippen LogP) is 2.95. The van der Waals surface area contributed by atoms with Crippen LogP contribution in [0, 0.1) is 11.2 Å². The highest BCUT2D eigenvalue weighted by Crippen LogP contribution is 2.71. The van der Waals surface area contributed by atoms with Crippen molar-refractivity contribution in [2.24, 2.45) is 5.41 Å². The summed E-state index contributed by atoms with van der Waals surface area (Å²) in [4.78, 5) is 16.3. The number of benzene rings is 2. The maximum absolute atomic E-state index is 13.2. The molecule has 1 aliphatic heterocycles. The third-order valence-electron chi connectivity index (χ3n) is 7.91. The number of rotatable bonds is 6. The molecule has 0 bridgehead atoms. The maximum Gasteiger partial charge on any atom is 0.317 e. The van der Waals surface area contributed by atoms with E-state index < -0.39 is 5.97 Å². The summed E-state index contributed by atoms with van der Waals surface area (Å²) in [6, 6.07) is 15.8. The molecule has 2 fully saturated rings. The molecule has 1 saturated carbocycles. The van der Waals surface area contributed by atoms with Gasteiger partial charge in [0.25, 0.3) is 0 Å². The summed E-state index contributed by atoms with van der Waals surface area (Å²) in [5.74, 6) is -1.04. The molecule has 1 heterocycles. The van der Waals surface area contributed by atoms with Gasteiger partial charge < -0.3 is 10.0 Å². The average Bonchev–Trinajstić information content (AvgIpc) is 2.91. The van der Waals surface area contributed by atoms with E-state index in [-0.39, 0.29) is 29.2 Å². The summed E-state index contributed by atoms with van der Waals surface area (Å²) in [5, 5.41) is 9.64. The average molecular weight is 394 g/mol. The summed E-state index contributed by atoms with van der Waals surface area (Å²) in [5.41, 5.74) is 4.05. The zero-order valence-corrected chi connectivity index (χ0v) is 16.9. The van der Waals surface area contributed by atoms with E-state index in [9.17, 15) is 14.3 Å². The number of piperidine rings is 1. The van der Waals surface area contributed by atoms with Gasteiger partial charge in [-0.2, -0.15) is 0 Å². The van der Waals surface area contributed by atoms with Crippen molar-refractivity contribution in [1.29, 1.82) is 0 Å². The minimum Gasteiger partial charge on any atom is -0.480 e. The first-order chi connectivity index (χ1) is 13.9. The second kappa shape index (κ2) is 6.38. The minimum atomic E-state index is -0.793. The quantitative estimate of drug-likeness (QED) is 0.818. The van der Waals surface area contributed by atoms with Crippen LogP contribution < -0.4 is 0 Å². The largest absolute Gasteiger partial charge is 0.480 e. The molecule has 1 N–H and O–H groups in total. The van der Waals surface area contributed by atoms with Crippen LogP contribution in [0.25, 0.3) is 0 Å². The zero-order chi connectivity index (χ0) is 20.4. The minimum absolute atomic E-state index is 0.0288. The van der Waals surface area contributed by atoms with Crippen molar-refractivity contribution in [1.82, 2.24) is 9.80 Å². The van der Waals surface area contributed by atoms with Crippen LogP contribution in [0.4, 0.5) is 4.39 Å². The lowest BCUT2D eigenvalue weighted by molar-refractivity contribution is -0.246. The van der Waals surface area contributed by atoms with Gasteiger partial charge >= 0.3 is 5.97 Å². The molecule has 5 heteroatoms. The Bertz CT molecular complexity index is 962. The lowest BCUT2D eigenvalue weighted by Gasteiger charge is -2.77. The predicted molar refractivity (Wildman–Crippen MR) is 109 cm³/mol. The van der Waals surface area contributed by atoms with E-state index in [0.29, 0.717) is 19.0 Å². The highest BCUT2D eigenvalue weighted by molar-refractivity contribution is 5.69. The van der Waals surface area contributed by atoms with Crippen molar-refractivity contribution in [3.63, 3.8) is 0 Å². The highest BCUT2D eigenvalue weighted by atomic mass is 19.1. The van der Waals surface area contributed by atoms with E-state index in [2.05, 4.69) is 48.0 Å². The standard InChI is InChI=1S/C24H27FN2O2/c1-23-19-6-4-3-5-17(19)13-24(23)15-26(2)22(24)21(23)27(14-20(28)29)12-11-16-7-9-18(25)10-8-16/h3-10,21-22H,11-15H2,1-2H3,(H,28,29). The number of likely N-dealkylation sites (tertiary alicyclic amines) is 1. The molecular weight excluding hydrogens is 367 g/mol. The molecule has 4 atom stereocenters. The second-order valence-corrected chi connectivity index (χ2v) is 9.24. The maximum atomic E-state index is 13.2. The van der Waals surface area contributed by atoms with Crippen molar-refractivity contribution >= 4 is 5.97 Å². The Morgan fingerprint density at radius 3 is 2.66 bits per heavy atom. The molecule has 2 aromatic rings. The molecule has 29 heavy (non-hydrogen) atoms. The number of carbonyl (C=O) groups is 1. The molecule has 0 aromatic heterocycles. The zero-order valence-electron chi connectivity index (χ0n) is 16.9. The van der Waals surface area contributed by atoms with Gasteiger partial charge in [0.1, 0.15) is 5.82 Å². The number of likely N-dealkylation sites (N-methyl/N-ethyl adjacent to an activating group) is 1. The molecule has 3 aliphatic rings. The summed E-state index contributed by atoms with van der Waals surface area (Å²) in [6.45, 7) is 4.10. The molecule has 5 rings (SSSR count). The summed E-state index contributed by atoms with van der Waals surface area (Å²) in [6.07, 6.45) is 1.80. The lowest BCUT2D eigenvalue weighted by Crippen LogP contribution is -2.89. The molecule has 4 nitrogen and oxygen atoms in total. The summed E-state index contributed by atoms with van der Waals surface area (Å²) in [7, 11) is 2.16. The van der Waals surface area contributed by atoms with Gasteiger partial charge in [-0.25, -0.2) is 4.39 Å². The number of carboxylic acid groups (broad SMARTS) is 1. The van der Waals surface area contributed by atoms with Gasteiger partial charge in [0, 0.05) is 36.0 Å². The van der Waals surface area contributed by atoms with Crippen molar-refractivity contribution in [3.8, 4) is 0 Å². The Morgan fingerprint density at radius 2 is 1.97 bits per heavy atom. The van der Waals surface area contributed by atoms with Gasteiger partial charge in [-0.05, 0) is 48.7 Å². The van der Waals surface area contributed by atoms with E-state index in [0.717, 1.165) is 18.5 Å². The summed E-state index contributed by atoms with van der Waals surface area (Å²) < 4.78 is 13.2. The molecule has 4 unspecified atom stereocenters. The Kier molecular flexibility index (Phi) is 4.13. The number of halogens is 1. The van der Waals surface area contributed by atoms with Crippen LogP contribution in [0.3, 0.4) is 0 Å². The topological polar surface area (TPSA) is 43.8 Å². The number of aliphatic carboxylic acids is 1. The van der Waals surface area contributed by atoms with Crippen LogP contribution in [0.2, 0.25) is 0 Å². The second-order valence-electron chi connectivity index (χ2n) is 9.24. The molecule has 152 valence electrons. The highest BCUT2D eigenvalue weighted by Gasteiger charge is 2.79. The number of hydrogen-bond acceptors (Lipinski definition) is 3. The Morgan fingerprint density at radius 1 is 1.24 bits per heavy atom. The van der Waals surface area contributed by atoms with Crippen LogP contribution in [0.15, 0.2) is 48.5 Å². The fraction of sp³-hybridized carbons (Fsp3) is 0.458. The third-order valence-corrected chi connectivity index (χ3v) is 7.91. The van der Waals surface area contributed by atoms with Crippen molar-refractivity contribution < 1.29 is 14.3 Å². The number of carboxylic acids is 1. The SMILES string of the molecule is CN1CC23Cc4ccccc4C2(C)C(N(CCc2ccc(F)cc2)CC(=O)O)C13. The van der Waals surface area contributed by atoms with Gasteiger partial charge in [0.2, 0.25) is 0 Å². The van der Waals surface area contributed by atoms with Crippen LogP contribution in [-0.4, -0.2) is 59.6 Å². The number of nitrogens with zero attached hydrogens (tertiary/aromatic N) is 2. The molecule has 2 aromatic carbocycles. The third kappa shape index (κ3) is 2.47. The van der Waals surface area contributed by atoms with Gasteiger partial charge in [0.15, 0.2) is 0 Å². The molecule has 0 radical (unpaired) electrons. The van der Waals surface area contributed by atoms with Gasteiger partial charge in [0.05, 0.1) is 6.54 Å². The van der Waals surface area contributed by atoms with Crippen LogP contribution in [-0.2, 0) is 23.1 Å². The van der Waals surface area contributed by atoms with E-state index in [4.69, 9.17) is 0 Å². The fourth-order valence-corrected chi connectivity index (χ4v) is 6.75. The number of fused-ring (bicyclic) bond motifs is 2. The van der Waals surface area contributed by atoms with Gasteiger partial charge in [-0.1, -0.05) is 43.3 Å². The normalized spacial score (nSPS) is 32.1. The first-order valence-electron chi connectivity index (χ1n) is 10.4. The van der Waals surface area contributed by atoms with Crippen molar-refractivity contribution in [2.45, 2.75) is 37.3 Å². The summed E-state index contributed by atoms with van der Waals surface area (Å²) >= 11 is 0. The van der Waals surface area contributed by atoms with Crippen LogP contribution >= 0.6 is 0 Å². The van der Waals surface area contributed by atoms with Gasteiger partial charge in [-0.3, -0.25) is 9.69 Å². The first kappa shape index (κ1) is 18.8. The Hall–Kier alpha value is -2.24. The molecule has 1 saturated heterocycles. The van der Waals surface area contributed by atoms with E-state index in [1.165, 1.54) is 23.3 Å². The molecular formula is C24H27FN2O2. The monoisotopic (exact) mass is 394 g/mol. The number of hydrogen-bond donors (Lipinski definition) is 1. The van der Waals surface area contributed by atoms with Gasteiger partial charge in [-0.15, -0.1) is 0 Å². The van der Waals surface area contributed by atoms with Crippen molar-refractivity contribution in [2.75, 3.05) is 26.7 Å². The van der Waals surface area contributed by atoms with Crippen molar-refractivity contribution in [3.05, 3.63) is 71.0 Å². The van der Waals surface area contributed by atoms with E-state index in [1.54, 1.807) is 12.1 Å². The molecule has 1 spiro atoms. The Balaban J connectivity index is 1.47. The van der Waals surface area contributed by atoms with Crippen LogP contribution in [0.1, 0.15) is 23.6 Å². The Labute approximate surface area is 170 Å². The van der Waals surface area contributed by atoms with E-state index >= 15 is 0 Å². The smallest absolute Gasteiger partial charge is 0.317 e. The van der Waals surface area contributed by atoms with Crippen LogP contribution in [0.5, 0.6) is 0 Å². The fourth-order valence-electron chi connectivity index (χ4n) is 6.75. The molecule has 0 amide bonds. The first-order valence-corrected chi connectivity index (χ1v) is 10.4. The van der Waals surface area contributed by atoms with E-state index in [1.807, 2.05) is 0 Å². The lowest BCUT2D eigenvalue weighted by atomic mass is 9.39. The molecule has 2 aliphatic carbocycles.